The van der Waals surface area contributed by atoms with E-state index in [2.05, 4.69) is 15.5 Å². The molecule has 0 aromatic carbocycles. The Morgan fingerprint density at radius 2 is 2.29 bits per heavy atom. The third-order valence-electron chi connectivity index (χ3n) is 2.90. The average molecular weight is 211 g/mol. The van der Waals surface area contributed by atoms with Crippen LogP contribution < -0.4 is 5.32 Å². The van der Waals surface area contributed by atoms with Crippen LogP contribution in [0.1, 0.15) is 38.5 Å². The lowest BCUT2D eigenvalue weighted by molar-refractivity contribution is 0.491. The highest BCUT2D eigenvalue weighted by atomic mass is 32.1. The van der Waals surface area contributed by atoms with Crippen molar-refractivity contribution in [3.63, 3.8) is 0 Å². The predicted molar refractivity (Wildman–Crippen MR) is 59.6 cm³/mol. The van der Waals surface area contributed by atoms with Gasteiger partial charge in [-0.3, -0.25) is 0 Å². The zero-order valence-electron chi connectivity index (χ0n) is 8.41. The molecule has 78 valence electrons. The van der Waals surface area contributed by atoms with Crippen LogP contribution in [-0.2, 0) is 0 Å². The Morgan fingerprint density at radius 3 is 3.00 bits per heavy atom. The second kappa shape index (κ2) is 5.29. The third kappa shape index (κ3) is 2.94. The number of nitrogens with one attached hydrogen (secondary N) is 1. The van der Waals surface area contributed by atoms with Crippen molar-refractivity contribution in [3.8, 4) is 0 Å². The van der Waals surface area contributed by atoms with Gasteiger partial charge in [-0.05, 0) is 18.8 Å². The zero-order valence-corrected chi connectivity index (χ0v) is 9.22. The van der Waals surface area contributed by atoms with Crippen LogP contribution in [0.5, 0.6) is 0 Å². The van der Waals surface area contributed by atoms with E-state index >= 15 is 0 Å². The van der Waals surface area contributed by atoms with Crippen LogP contribution in [0.15, 0.2) is 5.51 Å². The van der Waals surface area contributed by atoms with Crippen molar-refractivity contribution in [3.05, 3.63) is 5.51 Å². The second-order valence-electron chi connectivity index (χ2n) is 3.96. The Kier molecular flexibility index (Phi) is 3.74. The van der Waals surface area contributed by atoms with Gasteiger partial charge in [0.05, 0.1) is 0 Å². The van der Waals surface area contributed by atoms with E-state index < -0.39 is 0 Å². The van der Waals surface area contributed by atoms with Gasteiger partial charge in [0.2, 0.25) is 5.13 Å². The molecule has 1 aliphatic rings. The normalized spacial score (nSPS) is 17.4. The van der Waals surface area contributed by atoms with Gasteiger partial charge in [0, 0.05) is 6.54 Å². The van der Waals surface area contributed by atoms with E-state index in [1.54, 1.807) is 16.8 Å². The number of anilines is 1. The maximum atomic E-state index is 3.94. The van der Waals surface area contributed by atoms with Gasteiger partial charge in [-0.2, -0.15) is 0 Å². The lowest BCUT2D eigenvalue weighted by atomic mass is 10.0. The van der Waals surface area contributed by atoms with Crippen molar-refractivity contribution in [1.82, 2.24) is 10.2 Å². The van der Waals surface area contributed by atoms with E-state index in [0.717, 1.165) is 17.6 Å². The van der Waals surface area contributed by atoms with Gasteiger partial charge in [0.15, 0.2) is 0 Å². The van der Waals surface area contributed by atoms with Crippen LogP contribution in [-0.4, -0.2) is 16.7 Å². The summed E-state index contributed by atoms with van der Waals surface area (Å²) in [5.74, 6) is 1.01. The van der Waals surface area contributed by atoms with Crippen LogP contribution in [0.2, 0.25) is 0 Å². The minimum atomic E-state index is 0.955. The molecule has 1 saturated carbocycles. The van der Waals surface area contributed by atoms with Crippen LogP contribution in [0.3, 0.4) is 0 Å². The molecule has 4 heteroatoms. The van der Waals surface area contributed by atoms with Gasteiger partial charge >= 0.3 is 0 Å². The molecule has 0 atom stereocenters. The van der Waals surface area contributed by atoms with Crippen LogP contribution in [0.25, 0.3) is 0 Å². The monoisotopic (exact) mass is 211 g/mol. The maximum Gasteiger partial charge on any atom is 0.205 e. The molecule has 1 fully saturated rings. The Balaban J connectivity index is 1.55. The highest BCUT2D eigenvalue weighted by molar-refractivity contribution is 7.13. The fourth-order valence-electron chi connectivity index (χ4n) is 2.14. The molecule has 1 aromatic rings. The molecule has 0 bridgehead atoms. The molecule has 2 rings (SSSR count). The fourth-order valence-corrected chi connectivity index (χ4v) is 2.61. The topological polar surface area (TPSA) is 37.8 Å². The summed E-state index contributed by atoms with van der Waals surface area (Å²) in [7, 11) is 0. The highest BCUT2D eigenvalue weighted by Gasteiger charge is 2.13. The van der Waals surface area contributed by atoms with E-state index in [9.17, 15) is 0 Å². The number of hydrogen-bond acceptors (Lipinski definition) is 4. The molecule has 0 saturated heterocycles. The molecule has 0 unspecified atom stereocenters. The summed E-state index contributed by atoms with van der Waals surface area (Å²) in [6, 6.07) is 0. The summed E-state index contributed by atoms with van der Waals surface area (Å²) < 4.78 is 0. The average Bonchev–Trinajstić information content (AvgIpc) is 2.86. The third-order valence-corrected chi connectivity index (χ3v) is 3.55. The molecule has 1 N–H and O–H groups in total. The molecule has 14 heavy (non-hydrogen) atoms. The van der Waals surface area contributed by atoms with Crippen LogP contribution in [0.4, 0.5) is 5.13 Å². The highest BCUT2D eigenvalue weighted by Crippen LogP contribution is 2.28. The molecular weight excluding hydrogens is 194 g/mol. The Bertz CT molecular complexity index is 242. The minimum absolute atomic E-state index is 0.955. The van der Waals surface area contributed by atoms with E-state index in [0.29, 0.717) is 0 Å². The summed E-state index contributed by atoms with van der Waals surface area (Å²) in [6.07, 6.45) is 8.47. The molecule has 1 heterocycles. The van der Waals surface area contributed by atoms with Gasteiger partial charge in [0.25, 0.3) is 0 Å². The van der Waals surface area contributed by atoms with Crippen molar-refractivity contribution < 1.29 is 0 Å². The van der Waals surface area contributed by atoms with E-state index in [1.165, 1.54) is 38.5 Å². The quantitative estimate of drug-likeness (QED) is 0.761. The maximum absolute atomic E-state index is 3.94. The summed E-state index contributed by atoms with van der Waals surface area (Å²) in [4.78, 5) is 0. The number of nitrogens with zero attached hydrogens (tertiary/aromatic N) is 2. The molecular formula is C10H17N3S. The molecule has 0 spiro atoms. The van der Waals surface area contributed by atoms with E-state index in [1.807, 2.05) is 0 Å². The van der Waals surface area contributed by atoms with Crippen molar-refractivity contribution in [1.29, 1.82) is 0 Å². The summed E-state index contributed by atoms with van der Waals surface area (Å²) in [6.45, 7) is 1.05. The molecule has 0 amide bonds. The van der Waals surface area contributed by atoms with Crippen molar-refractivity contribution >= 4 is 16.5 Å². The SMILES string of the molecule is c1nnc(NCCCC2CCCC2)s1. The molecule has 3 nitrogen and oxygen atoms in total. The van der Waals surface area contributed by atoms with Crippen molar-refractivity contribution in [2.24, 2.45) is 5.92 Å². The summed E-state index contributed by atoms with van der Waals surface area (Å²) in [5.41, 5.74) is 1.76. The minimum Gasteiger partial charge on any atom is -0.360 e. The van der Waals surface area contributed by atoms with E-state index in [-0.39, 0.29) is 0 Å². The molecule has 1 aromatic heterocycles. The van der Waals surface area contributed by atoms with Crippen molar-refractivity contribution in [2.75, 3.05) is 11.9 Å². The Hall–Kier alpha value is -0.640. The van der Waals surface area contributed by atoms with Gasteiger partial charge in [-0.1, -0.05) is 37.0 Å². The first-order chi connectivity index (χ1) is 6.95. The predicted octanol–water partition coefficient (Wildman–Crippen LogP) is 2.92. The number of aromatic nitrogens is 2. The van der Waals surface area contributed by atoms with Gasteiger partial charge in [-0.15, -0.1) is 10.2 Å². The first-order valence-corrected chi connectivity index (χ1v) is 6.33. The Labute approximate surface area is 88.9 Å². The van der Waals surface area contributed by atoms with Crippen molar-refractivity contribution in [2.45, 2.75) is 38.5 Å². The summed E-state index contributed by atoms with van der Waals surface area (Å²) in [5, 5.41) is 12.0. The number of hydrogen-bond donors (Lipinski definition) is 1. The van der Waals surface area contributed by atoms with Gasteiger partial charge in [0.1, 0.15) is 5.51 Å². The number of rotatable bonds is 5. The van der Waals surface area contributed by atoms with Gasteiger partial charge < -0.3 is 5.32 Å². The van der Waals surface area contributed by atoms with E-state index in [4.69, 9.17) is 0 Å². The summed E-state index contributed by atoms with van der Waals surface area (Å²) >= 11 is 1.57. The largest absolute Gasteiger partial charge is 0.360 e. The van der Waals surface area contributed by atoms with Gasteiger partial charge in [-0.25, -0.2) is 0 Å². The lowest BCUT2D eigenvalue weighted by Crippen LogP contribution is -2.03. The second-order valence-corrected chi connectivity index (χ2v) is 4.80. The fraction of sp³-hybridized carbons (Fsp3) is 0.800. The molecule has 0 radical (unpaired) electrons. The first kappa shape index (κ1) is 9.90. The van der Waals surface area contributed by atoms with Crippen LogP contribution >= 0.6 is 11.3 Å². The Morgan fingerprint density at radius 1 is 1.43 bits per heavy atom. The lowest BCUT2D eigenvalue weighted by Gasteiger charge is -2.07. The molecule has 1 aliphatic carbocycles. The standard InChI is InChI=1S/C10H17N3S/c1-2-5-9(4-1)6-3-7-11-10-13-12-8-14-10/h8-9H,1-7H2,(H,11,13). The molecule has 0 aliphatic heterocycles. The zero-order chi connectivity index (χ0) is 9.64. The first-order valence-electron chi connectivity index (χ1n) is 5.45. The van der Waals surface area contributed by atoms with Crippen LogP contribution in [0, 0.1) is 5.92 Å². The smallest absolute Gasteiger partial charge is 0.205 e.